The van der Waals surface area contributed by atoms with Crippen LogP contribution in [0.15, 0.2) is 36.4 Å². The van der Waals surface area contributed by atoms with Crippen molar-refractivity contribution in [2.75, 3.05) is 19.3 Å². The molecule has 108 valence electrons. The van der Waals surface area contributed by atoms with Crippen LogP contribution >= 0.6 is 0 Å². The molecule has 2 aromatic carbocycles. The van der Waals surface area contributed by atoms with E-state index in [1.165, 1.54) is 11.1 Å². The molecule has 4 heteroatoms. The van der Waals surface area contributed by atoms with Crippen molar-refractivity contribution >= 4 is 11.7 Å². The lowest BCUT2D eigenvalue weighted by Gasteiger charge is -2.28. The quantitative estimate of drug-likeness (QED) is 0.831. The zero-order chi connectivity index (χ0) is 15.0. The molecule has 0 radical (unpaired) electrons. The molecule has 0 fully saturated rings. The van der Waals surface area contributed by atoms with E-state index in [0.717, 1.165) is 36.3 Å². The molecular formula is C17H18N2O2. The van der Waals surface area contributed by atoms with E-state index in [0.29, 0.717) is 5.56 Å². The molecule has 0 bridgehead atoms. The molecule has 0 unspecified atom stereocenters. The first-order chi connectivity index (χ1) is 10.1. The molecule has 0 saturated heterocycles. The van der Waals surface area contributed by atoms with Crippen LogP contribution in [0.1, 0.15) is 21.5 Å². The summed E-state index contributed by atoms with van der Waals surface area (Å²) in [5.41, 5.74) is 11.7. The largest absolute Gasteiger partial charge is 0.478 e. The van der Waals surface area contributed by atoms with Crippen molar-refractivity contribution < 1.29 is 9.90 Å². The first kappa shape index (κ1) is 13.6. The number of carbonyl (C=O) groups is 1. The number of hydrogen-bond acceptors (Lipinski definition) is 3. The van der Waals surface area contributed by atoms with Crippen LogP contribution in [-0.4, -0.2) is 29.6 Å². The van der Waals surface area contributed by atoms with Gasteiger partial charge in [0, 0.05) is 18.8 Å². The molecule has 0 spiro atoms. The highest BCUT2D eigenvalue weighted by Crippen LogP contribution is 2.33. The Kier molecular flexibility index (Phi) is 3.39. The van der Waals surface area contributed by atoms with E-state index >= 15 is 0 Å². The van der Waals surface area contributed by atoms with Crippen LogP contribution in [0.5, 0.6) is 0 Å². The number of likely N-dealkylation sites (N-methyl/N-ethyl adjacent to an activating group) is 1. The van der Waals surface area contributed by atoms with Gasteiger partial charge in [-0.2, -0.15) is 0 Å². The molecule has 21 heavy (non-hydrogen) atoms. The Morgan fingerprint density at radius 2 is 2.05 bits per heavy atom. The number of fused-ring (bicyclic) bond motifs is 1. The predicted molar refractivity (Wildman–Crippen MR) is 83.3 cm³/mol. The number of benzene rings is 2. The number of carboxylic acid groups (broad SMARTS) is 1. The van der Waals surface area contributed by atoms with Gasteiger partial charge in [-0.1, -0.05) is 18.2 Å². The molecule has 3 N–H and O–H groups in total. The molecule has 0 atom stereocenters. The summed E-state index contributed by atoms with van der Waals surface area (Å²) in [6.45, 7) is 1.84. The van der Waals surface area contributed by atoms with Gasteiger partial charge < -0.3 is 15.7 Å². The number of carboxylic acids is 1. The Balaban J connectivity index is 2.15. The topological polar surface area (TPSA) is 66.6 Å². The lowest BCUT2D eigenvalue weighted by molar-refractivity contribution is 0.0697. The molecule has 0 aliphatic carbocycles. The van der Waals surface area contributed by atoms with Gasteiger partial charge in [0.15, 0.2) is 0 Å². The number of nitrogen functional groups attached to an aromatic ring is 1. The summed E-state index contributed by atoms with van der Waals surface area (Å²) in [5.74, 6) is -0.904. The van der Waals surface area contributed by atoms with Crippen LogP contribution in [0.3, 0.4) is 0 Å². The van der Waals surface area contributed by atoms with Gasteiger partial charge in [-0.3, -0.25) is 0 Å². The summed E-state index contributed by atoms with van der Waals surface area (Å²) < 4.78 is 0. The lowest BCUT2D eigenvalue weighted by atomic mass is 9.89. The molecule has 1 aliphatic heterocycles. The number of anilines is 1. The third kappa shape index (κ3) is 2.50. The van der Waals surface area contributed by atoms with Crippen LogP contribution in [-0.2, 0) is 13.0 Å². The Hall–Kier alpha value is -2.33. The van der Waals surface area contributed by atoms with E-state index in [4.69, 9.17) is 10.8 Å². The van der Waals surface area contributed by atoms with Crippen LogP contribution in [0.25, 0.3) is 11.1 Å². The Bertz CT molecular complexity index is 710. The normalized spacial score (nSPS) is 14.7. The lowest BCUT2D eigenvalue weighted by Crippen LogP contribution is -2.27. The monoisotopic (exact) mass is 282 g/mol. The van der Waals surface area contributed by atoms with Crippen molar-refractivity contribution in [1.29, 1.82) is 0 Å². The Morgan fingerprint density at radius 3 is 2.81 bits per heavy atom. The summed E-state index contributed by atoms with van der Waals surface area (Å²) >= 11 is 0. The maximum atomic E-state index is 11.2. The summed E-state index contributed by atoms with van der Waals surface area (Å²) in [4.78, 5) is 13.4. The zero-order valence-corrected chi connectivity index (χ0v) is 12.0. The number of nitrogens with two attached hydrogens (primary N) is 1. The second-order valence-corrected chi connectivity index (χ2v) is 5.53. The van der Waals surface area contributed by atoms with E-state index in [1.807, 2.05) is 18.2 Å². The minimum Gasteiger partial charge on any atom is -0.478 e. The molecule has 0 amide bonds. The molecule has 1 aliphatic rings. The van der Waals surface area contributed by atoms with Gasteiger partial charge in [0.2, 0.25) is 0 Å². The van der Waals surface area contributed by atoms with Crippen LogP contribution in [0, 0.1) is 0 Å². The predicted octanol–water partition coefficient (Wildman–Crippen LogP) is 2.62. The third-order valence-electron chi connectivity index (χ3n) is 4.06. The Labute approximate surface area is 123 Å². The van der Waals surface area contributed by atoms with E-state index in [1.54, 1.807) is 18.2 Å². The van der Waals surface area contributed by atoms with E-state index in [2.05, 4.69) is 11.9 Å². The van der Waals surface area contributed by atoms with E-state index in [9.17, 15) is 4.79 Å². The van der Waals surface area contributed by atoms with Crippen molar-refractivity contribution in [1.82, 2.24) is 4.90 Å². The van der Waals surface area contributed by atoms with Crippen LogP contribution < -0.4 is 5.73 Å². The highest BCUT2D eigenvalue weighted by atomic mass is 16.4. The van der Waals surface area contributed by atoms with Crippen LogP contribution in [0.4, 0.5) is 5.69 Å². The number of hydrogen-bond donors (Lipinski definition) is 2. The molecule has 0 saturated carbocycles. The second-order valence-electron chi connectivity index (χ2n) is 5.53. The van der Waals surface area contributed by atoms with Gasteiger partial charge in [-0.25, -0.2) is 4.79 Å². The maximum Gasteiger partial charge on any atom is 0.335 e. The minimum absolute atomic E-state index is 0.308. The molecular weight excluding hydrogens is 264 g/mol. The van der Waals surface area contributed by atoms with Crippen molar-refractivity contribution in [2.24, 2.45) is 0 Å². The van der Waals surface area contributed by atoms with Gasteiger partial charge in [-0.05, 0) is 53.9 Å². The summed E-state index contributed by atoms with van der Waals surface area (Å²) in [6.07, 6.45) is 0.935. The SMILES string of the molecule is CN1CCc2c(N)ccc(-c3cccc(C(=O)O)c3)c2C1. The summed E-state index contributed by atoms with van der Waals surface area (Å²) in [6, 6.07) is 11.0. The molecule has 1 heterocycles. The fourth-order valence-electron chi connectivity index (χ4n) is 2.93. The average Bonchev–Trinajstić information content (AvgIpc) is 2.47. The first-order valence-electron chi connectivity index (χ1n) is 6.99. The van der Waals surface area contributed by atoms with Gasteiger partial charge in [0.1, 0.15) is 0 Å². The summed E-state index contributed by atoms with van der Waals surface area (Å²) in [7, 11) is 2.09. The van der Waals surface area contributed by atoms with Gasteiger partial charge in [0.05, 0.1) is 5.56 Å². The molecule has 2 aromatic rings. The fourth-order valence-corrected chi connectivity index (χ4v) is 2.93. The van der Waals surface area contributed by atoms with Crippen LogP contribution in [0.2, 0.25) is 0 Å². The molecule has 0 aromatic heterocycles. The minimum atomic E-state index is -0.904. The zero-order valence-electron chi connectivity index (χ0n) is 12.0. The average molecular weight is 282 g/mol. The highest BCUT2D eigenvalue weighted by Gasteiger charge is 2.19. The first-order valence-corrected chi connectivity index (χ1v) is 6.99. The third-order valence-corrected chi connectivity index (χ3v) is 4.06. The number of nitrogens with zero attached hydrogens (tertiary/aromatic N) is 1. The van der Waals surface area contributed by atoms with Crippen molar-refractivity contribution in [3.63, 3.8) is 0 Å². The van der Waals surface area contributed by atoms with E-state index in [-0.39, 0.29) is 0 Å². The van der Waals surface area contributed by atoms with Crippen molar-refractivity contribution in [3.05, 3.63) is 53.1 Å². The van der Waals surface area contributed by atoms with Gasteiger partial charge in [-0.15, -0.1) is 0 Å². The smallest absolute Gasteiger partial charge is 0.335 e. The highest BCUT2D eigenvalue weighted by molar-refractivity contribution is 5.89. The molecule has 3 rings (SSSR count). The van der Waals surface area contributed by atoms with Gasteiger partial charge in [0.25, 0.3) is 0 Å². The Morgan fingerprint density at radius 1 is 1.24 bits per heavy atom. The van der Waals surface area contributed by atoms with E-state index < -0.39 is 5.97 Å². The van der Waals surface area contributed by atoms with Crippen molar-refractivity contribution in [3.8, 4) is 11.1 Å². The maximum absolute atomic E-state index is 11.2. The second kappa shape index (κ2) is 5.22. The number of aromatic carboxylic acids is 1. The molecule has 4 nitrogen and oxygen atoms in total. The fraction of sp³-hybridized carbons (Fsp3) is 0.235. The number of rotatable bonds is 2. The van der Waals surface area contributed by atoms with Gasteiger partial charge >= 0.3 is 5.97 Å². The van der Waals surface area contributed by atoms with Crippen molar-refractivity contribution in [2.45, 2.75) is 13.0 Å². The standard InChI is InChI=1S/C17H18N2O2/c1-19-8-7-14-15(10-19)13(5-6-16(14)18)11-3-2-4-12(9-11)17(20)21/h2-6,9H,7-8,10,18H2,1H3,(H,20,21). The summed E-state index contributed by atoms with van der Waals surface area (Å²) in [5, 5.41) is 9.15.